The van der Waals surface area contributed by atoms with Crippen molar-refractivity contribution in [3.05, 3.63) is 29.9 Å². The molecular formula is C17H23N3O3. The molecule has 1 aliphatic heterocycles. The van der Waals surface area contributed by atoms with E-state index in [1.54, 1.807) is 0 Å². The van der Waals surface area contributed by atoms with E-state index in [9.17, 15) is 0 Å². The van der Waals surface area contributed by atoms with Crippen LogP contribution in [-0.2, 0) is 6.42 Å². The summed E-state index contributed by atoms with van der Waals surface area (Å²) in [6, 6.07) is 5.78. The summed E-state index contributed by atoms with van der Waals surface area (Å²) in [6.07, 6.45) is 3.95. The summed E-state index contributed by atoms with van der Waals surface area (Å²) in [4.78, 5) is 4.45. The van der Waals surface area contributed by atoms with Crippen molar-refractivity contribution >= 4 is 5.69 Å². The number of unbranched alkanes of at least 4 members (excludes halogenated alkanes) is 1. The molecule has 1 atom stereocenters. The zero-order chi connectivity index (χ0) is 16.1. The van der Waals surface area contributed by atoms with Crippen LogP contribution in [0.15, 0.2) is 22.7 Å². The maximum absolute atomic E-state index is 5.71. The van der Waals surface area contributed by atoms with Crippen molar-refractivity contribution in [2.24, 2.45) is 0 Å². The van der Waals surface area contributed by atoms with Gasteiger partial charge in [0.15, 0.2) is 17.3 Å². The average molecular weight is 317 g/mol. The maximum Gasteiger partial charge on any atom is 0.248 e. The van der Waals surface area contributed by atoms with Gasteiger partial charge in [0.2, 0.25) is 5.89 Å². The Morgan fingerprint density at radius 2 is 2.04 bits per heavy atom. The number of benzene rings is 1. The molecule has 0 spiro atoms. The summed E-state index contributed by atoms with van der Waals surface area (Å²) >= 11 is 0. The molecule has 0 amide bonds. The fraction of sp³-hybridized carbons (Fsp3) is 0.529. The Labute approximate surface area is 136 Å². The van der Waals surface area contributed by atoms with Gasteiger partial charge in [-0.1, -0.05) is 18.5 Å². The molecule has 124 valence electrons. The van der Waals surface area contributed by atoms with Crippen molar-refractivity contribution in [1.82, 2.24) is 10.1 Å². The Hall–Kier alpha value is -2.24. The number of aryl methyl sites for hydroxylation is 1. The first-order valence-corrected chi connectivity index (χ1v) is 8.25. The maximum atomic E-state index is 5.71. The molecule has 0 radical (unpaired) electrons. The van der Waals surface area contributed by atoms with E-state index < -0.39 is 0 Å². The fourth-order valence-electron chi connectivity index (χ4n) is 2.44. The predicted molar refractivity (Wildman–Crippen MR) is 87.0 cm³/mol. The second-order valence-corrected chi connectivity index (χ2v) is 5.73. The number of fused-ring (bicyclic) bond motifs is 1. The Balaban J connectivity index is 1.66. The monoisotopic (exact) mass is 317 g/mol. The third-order valence-corrected chi connectivity index (χ3v) is 3.74. The van der Waals surface area contributed by atoms with Crippen molar-refractivity contribution in [3.8, 4) is 11.5 Å². The van der Waals surface area contributed by atoms with Gasteiger partial charge in [-0.05, 0) is 25.5 Å². The minimum atomic E-state index is -0.0670. The normalized spacial score (nSPS) is 15.0. The second kappa shape index (κ2) is 7.35. The minimum Gasteiger partial charge on any atom is -0.490 e. The highest BCUT2D eigenvalue weighted by Crippen LogP contribution is 2.33. The molecule has 0 saturated carbocycles. The van der Waals surface area contributed by atoms with Crippen LogP contribution in [-0.4, -0.2) is 23.4 Å². The van der Waals surface area contributed by atoms with Crippen LogP contribution < -0.4 is 14.8 Å². The second-order valence-electron chi connectivity index (χ2n) is 5.73. The van der Waals surface area contributed by atoms with Crippen molar-refractivity contribution in [1.29, 1.82) is 0 Å². The van der Waals surface area contributed by atoms with Gasteiger partial charge >= 0.3 is 0 Å². The van der Waals surface area contributed by atoms with Gasteiger partial charge in [-0.15, -0.1) is 0 Å². The van der Waals surface area contributed by atoms with Gasteiger partial charge in [0.25, 0.3) is 0 Å². The van der Waals surface area contributed by atoms with E-state index in [2.05, 4.69) is 22.4 Å². The van der Waals surface area contributed by atoms with E-state index in [1.165, 1.54) is 0 Å². The molecule has 1 aromatic heterocycles. The quantitative estimate of drug-likeness (QED) is 0.875. The van der Waals surface area contributed by atoms with Crippen LogP contribution in [0.3, 0.4) is 0 Å². The predicted octanol–water partition coefficient (Wildman–Crippen LogP) is 3.75. The third-order valence-electron chi connectivity index (χ3n) is 3.74. The molecule has 2 heterocycles. The molecule has 1 N–H and O–H groups in total. The Kier molecular flexibility index (Phi) is 5.00. The molecule has 1 unspecified atom stereocenters. The lowest BCUT2D eigenvalue weighted by molar-refractivity contribution is 0.297. The number of nitrogens with zero attached hydrogens (tertiary/aromatic N) is 2. The topological polar surface area (TPSA) is 69.4 Å². The fourth-order valence-corrected chi connectivity index (χ4v) is 2.44. The highest BCUT2D eigenvalue weighted by Gasteiger charge is 2.16. The molecule has 1 aliphatic rings. The Morgan fingerprint density at radius 1 is 1.22 bits per heavy atom. The number of ether oxygens (including phenoxy) is 2. The zero-order valence-electron chi connectivity index (χ0n) is 13.7. The summed E-state index contributed by atoms with van der Waals surface area (Å²) in [7, 11) is 0. The van der Waals surface area contributed by atoms with Gasteiger partial charge in [-0.2, -0.15) is 4.98 Å². The van der Waals surface area contributed by atoms with Crippen molar-refractivity contribution in [3.63, 3.8) is 0 Å². The zero-order valence-corrected chi connectivity index (χ0v) is 13.7. The first-order valence-electron chi connectivity index (χ1n) is 8.25. The summed E-state index contributed by atoms with van der Waals surface area (Å²) in [6.45, 7) is 5.52. The van der Waals surface area contributed by atoms with Crippen molar-refractivity contribution in [2.75, 3.05) is 18.5 Å². The van der Waals surface area contributed by atoms with Gasteiger partial charge in [0, 0.05) is 24.6 Å². The summed E-state index contributed by atoms with van der Waals surface area (Å²) in [5, 5.41) is 7.39. The van der Waals surface area contributed by atoms with E-state index in [1.807, 2.05) is 25.1 Å². The van der Waals surface area contributed by atoms with Crippen LogP contribution >= 0.6 is 0 Å². The molecule has 6 nitrogen and oxygen atoms in total. The molecule has 0 saturated heterocycles. The molecule has 0 bridgehead atoms. The number of hydrogen-bond donors (Lipinski definition) is 1. The van der Waals surface area contributed by atoms with Gasteiger partial charge in [-0.3, -0.25) is 0 Å². The highest BCUT2D eigenvalue weighted by molar-refractivity contribution is 5.55. The summed E-state index contributed by atoms with van der Waals surface area (Å²) in [5.41, 5.74) is 0.940. The van der Waals surface area contributed by atoms with Crippen LogP contribution in [0.1, 0.15) is 50.9 Å². The number of nitrogens with one attached hydrogen (secondary N) is 1. The number of hydrogen-bond acceptors (Lipinski definition) is 6. The highest BCUT2D eigenvalue weighted by atomic mass is 16.5. The van der Waals surface area contributed by atoms with Crippen LogP contribution in [0.4, 0.5) is 5.69 Å². The van der Waals surface area contributed by atoms with Crippen LogP contribution in [0, 0.1) is 0 Å². The lowest BCUT2D eigenvalue weighted by Gasteiger charge is -2.13. The Bertz CT molecular complexity index is 642. The smallest absolute Gasteiger partial charge is 0.248 e. The molecule has 2 aromatic rings. The van der Waals surface area contributed by atoms with E-state index in [0.29, 0.717) is 19.1 Å². The van der Waals surface area contributed by atoms with E-state index >= 15 is 0 Å². The molecule has 23 heavy (non-hydrogen) atoms. The standard InChI is InChI=1S/C17H23N3O3/c1-3-4-6-16-19-17(23-20-16)12(2)18-13-7-8-14-15(11-13)22-10-5-9-21-14/h7-8,11-12,18H,3-6,9-10H2,1-2H3. The largest absolute Gasteiger partial charge is 0.490 e. The van der Waals surface area contributed by atoms with Gasteiger partial charge in [0.1, 0.15) is 6.04 Å². The number of rotatable bonds is 6. The number of anilines is 1. The van der Waals surface area contributed by atoms with Crippen LogP contribution in [0.2, 0.25) is 0 Å². The van der Waals surface area contributed by atoms with E-state index in [-0.39, 0.29) is 6.04 Å². The molecule has 3 rings (SSSR count). The van der Waals surface area contributed by atoms with E-state index in [4.69, 9.17) is 14.0 Å². The van der Waals surface area contributed by atoms with Crippen molar-refractivity contribution < 1.29 is 14.0 Å². The van der Waals surface area contributed by atoms with Gasteiger partial charge in [-0.25, -0.2) is 0 Å². The van der Waals surface area contributed by atoms with Crippen LogP contribution in [0.25, 0.3) is 0 Å². The lowest BCUT2D eigenvalue weighted by atomic mass is 10.2. The molecule has 0 fully saturated rings. The van der Waals surface area contributed by atoms with E-state index in [0.717, 1.165) is 48.7 Å². The SMILES string of the molecule is CCCCc1noc(C(C)Nc2ccc3c(c2)OCCCO3)n1. The van der Waals surface area contributed by atoms with Gasteiger partial charge < -0.3 is 19.3 Å². The first kappa shape index (κ1) is 15.6. The summed E-state index contributed by atoms with van der Waals surface area (Å²) in [5.74, 6) is 2.94. The van der Waals surface area contributed by atoms with Crippen molar-refractivity contribution in [2.45, 2.75) is 45.6 Å². The molecule has 1 aromatic carbocycles. The first-order chi connectivity index (χ1) is 11.3. The minimum absolute atomic E-state index is 0.0670. The van der Waals surface area contributed by atoms with Crippen LogP contribution in [0.5, 0.6) is 11.5 Å². The third kappa shape index (κ3) is 3.94. The molecule has 6 heteroatoms. The molecular weight excluding hydrogens is 294 g/mol. The lowest BCUT2D eigenvalue weighted by Crippen LogP contribution is -2.07. The average Bonchev–Trinajstić information content (AvgIpc) is 2.91. The van der Waals surface area contributed by atoms with Gasteiger partial charge in [0.05, 0.1) is 13.2 Å². The summed E-state index contributed by atoms with van der Waals surface area (Å²) < 4.78 is 16.7. The Morgan fingerprint density at radius 3 is 2.87 bits per heavy atom. The molecule has 0 aliphatic carbocycles. The number of aromatic nitrogens is 2.